The van der Waals surface area contributed by atoms with Gasteiger partial charge in [-0.2, -0.15) is 0 Å². The van der Waals surface area contributed by atoms with Crippen molar-refractivity contribution in [2.24, 2.45) is 0 Å². The zero-order valence-corrected chi connectivity index (χ0v) is 16.7. The molecular weight excluding hydrogens is 402 g/mol. The van der Waals surface area contributed by atoms with Crippen molar-refractivity contribution in [1.82, 2.24) is 14.9 Å². The second kappa shape index (κ2) is 7.96. The Labute approximate surface area is 169 Å². The maximum Gasteiger partial charge on any atom is 0.260 e. The number of halogens is 1. The summed E-state index contributed by atoms with van der Waals surface area (Å²) in [6.45, 7) is 0.439. The zero-order valence-electron chi connectivity index (χ0n) is 14.3. The van der Waals surface area contributed by atoms with E-state index in [2.05, 4.69) is 9.97 Å². The van der Waals surface area contributed by atoms with Crippen LogP contribution in [-0.2, 0) is 4.79 Å². The minimum atomic E-state index is -0.332. The molecular formula is C19H16ClN3O2S2. The summed E-state index contributed by atoms with van der Waals surface area (Å²) in [5.41, 5.74) is 0.473. The predicted molar refractivity (Wildman–Crippen MR) is 108 cm³/mol. The first kappa shape index (κ1) is 18.4. The fourth-order valence-corrected chi connectivity index (χ4v) is 5.17. The van der Waals surface area contributed by atoms with Crippen LogP contribution in [0.2, 0.25) is 5.02 Å². The highest BCUT2D eigenvalue weighted by Crippen LogP contribution is 2.34. The third-order valence-electron chi connectivity index (χ3n) is 4.45. The summed E-state index contributed by atoms with van der Waals surface area (Å²) >= 11 is 8.88. The lowest BCUT2D eigenvalue weighted by atomic mass is 10.2. The van der Waals surface area contributed by atoms with E-state index >= 15 is 0 Å². The van der Waals surface area contributed by atoms with Gasteiger partial charge >= 0.3 is 0 Å². The molecule has 8 heteroatoms. The minimum absolute atomic E-state index is 0.153. The molecule has 1 aliphatic rings. The highest BCUT2D eigenvalue weighted by atomic mass is 35.5. The first-order valence-corrected chi connectivity index (χ1v) is 10.7. The highest BCUT2D eigenvalue weighted by Gasteiger charge is 2.32. The quantitative estimate of drug-likeness (QED) is 0.458. The number of rotatable bonds is 3. The second-order valence-corrected chi connectivity index (χ2v) is 8.74. The van der Waals surface area contributed by atoms with Gasteiger partial charge in [-0.25, -0.2) is 9.97 Å². The number of thiophene rings is 1. The van der Waals surface area contributed by atoms with Gasteiger partial charge in [0.25, 0.3) is 5.91 Å². The Kier molecular flexibility index (Phi) is 5.43. The van der Waals surface area contributed by atoms with Gasteiger partial charge in [0, 0.05) is 22.5 Å². The van der Waals surface area contributed by atoms with Gasteiger partial charge in [0.15, 0.2) is 0 Å². The Morgan fingerprint density at radius 3 is 2.81 bits per heavy atom. The summed E-state index contributed by atoms with van der Waals surface area (Å²) in [6.07, 6.45) is 3.95. The lowest BCUT2D eigenvalue weighted by Gasteiger charge is -2.22. The molecule has 138 valence electrons. The number of aromatic nitrogens is 2. The van der Waals surface area contributed by atoms with Crippen LogP contribution in [0.3, 0.4) is 0 Å². The van der Waals surface area contributed by atoms with Crippen LogP contribution in [0.1, 0.15) is 29.6 Å². The maximum absolute atomic E-state index is 13.1. The Bertz CT molecular complexity index is 990. The van der Waals surface area contributed by atoms with Crippen molar-refractivity contribution in [2.75, 3.05) is 6.54 Å². The third kappa shape index (κ3) is 3.85. The summed E-state index contributed by atoms with van der Waals surface area (Å²) in [6, 6.07) is 8.61. The normalized spacial score (nSPS) is 17.9. The molecule has 0 bridgehead atoms. The first-order chi connectivity index (χ1) is 13.1. The molecule has 3 aromatic rings. The van der Waals surface area contributed by atoms with Crippen LogP contribution >= 0.6 is 34.7 Å². The molecule has 0 saturated carbocycles. The summed E-state index contributed by atoms with van der Waals surface area (Å²) in [5, 5.41) is 3.95. The molecule has 2 aromatic heterocycles. The molecule has 1 aliphatic heterocycles. The maximum atomic E-state index is 13.1. The molecule has 0 spiro atoms. The SMILES string of the molecule is O=C(c1ccc(Cl)cc1)N1CCCC[C@@H](Sc2ncnc3sccc23)C1=O. The molecule has 5 nitrogen and oxygen atoms in total. The van der Waals surface area contributed by atoms with Gasteiger partial charge in [0.05, 0.1) is 5.25 Å². The number of amides is 2. The standard InChI is InChI=1S/C19H16ClN3O2S2/c20-13-6-4-12(5-7-13)18(24)23-9-2-1-3-15(19(23)25)27-17-14-8-10-26-16(14)21-11-22-17/h4-8,10-11,15H,1-3,9H2/t15-/m1/s1. The number of fused-ring (bicyclic) bond motifs is 1. The number of nitrogens with zero attached hydrogens (tertiary/aromatic N) is 3. The zero-order chi connectivity index (χ0) is 18.8. The van der Waals surface area contributed by atoms with E-state index in [1.807, 2.05) is 11.4 Å². The van der Waals surface area contributed by atoms with Gasteiger partial charge in [-0.15, -0.1) is 11.3 Å². The van der Waals surface area contributed by atoms with E-state index in [1.54, 1.807) is 35.6 Å². The van der Waals surface area contributed by atoms with Gasteiger partial charge in [0.1, 0.15) is 16.2 Å². The Balaban J connectivity index is 1.58. The second-order valence-electron chi connectivity index (χ2n) is 6.22. The van der Waals surface area contributed by atoms with Crippen molar-refractivity contribution in [1.29, 1.82) is 0 Å². The summed E-state index contributed by atoms with van der Waals surface area (Å²) in [4.78, 5) is 36.9. The van der Waals surface area contributed by atoms with Crippen molar-refractivity contribution < 1.29 is 9.59 Å². The molecule has 1 saturated heterocycles. The molecule has 1 fully saturated rings. The van der Waals surface area contributed by atoms with Crippen molar-refractivity contribution >= 4 is 56.7 Å². The first-order valence-electron chi connectivity index (χ1n) is 8.59. The van der Waals surface area contributed by atoms with Crippen molar-refractivity contribution in [3.63, 3.8) is 0 Å². The van der Waals surface area contributed by atoms with Crippen molar-refractivity contribution in [3.05, 3.63) is 52.6 Å². The van der Waals surface area contributed by atoms with E-state index in [0.29, 0.717) is 17.1 Å². The van der Waals surface area contributed by atoms with Crippen molar-refractivity contribution in [2.45, 2.75) is 29.5 Å². The predicted octanol–water partition coefficient (Wildman–Crippen LogP) is 4.66. The number of likely N-dealkylation sites (tertiary alicyclic amines) is 1. The van der Waals surface area contributed by atoms with E-state index < -0.39 is 0 Å². The molecule has 0 N–H and O–H groups in total. The monoisotopic (exact) mass is 417 g/mol. The van der Waals surface area contributed by atoms with E-state index in [9.17, 15) is 9.59 Å². The number of imide groups is 1. The molecule has 1 aromatic carbocycles. The van der Waals surface area contributed by atoms with Gasteiger partial charge in [-0.05, 0) is 48.6 Å². The van der Waals surface area contributed by atoms with E-state index in [4.69, 9.17) is 11.6 Å². The number of hydrogen-bond acceptors (Lipinski definition) is 6. The molecule has 0 unspecified atom stereocenters. The average molecular weight is 418 g/mol. The van der Waals surface area contributed by atoms with E-state index in [0.717, 1.165) is 34.5 Å². The van der Waals surface area contributed by atoms with Gasteiger partial charge in [-0.3, -0.25) is 14.5 Å². The van der Waals surface area contributed by atoms with Crippen LogP contribution < -0.4 is 0 Å². The van der Waals surface area contributed by atoms with Crippen molar-refractivity contribution in [3.8, 4) is 0 Å². The molecule has 27 heavy (non-hydrogen) atoms. The molecule has 0 radical (unpaired) electrons. The van der Waals surface area contributed by atoms with Crippen LogP contribution in [-0.4, -0.2) is 38.5 Å². The average Bonchev–Trinajstić information content (AvgIpc) is 3.09. The molecule has 3 heterocycles. The fourth-order valence-electron chi connectivity index (χ4n) is 3.06. The Morgan fingerprint density at radius 2 is 2.00 bits per heavy atom. The number of carbonyl (C=O) groups excluding carboxylic acids is 2. The van der Waals surface area contributed by atoms with Gasteiger partial charge < -0.3 is 0 Å². The van der Waals surface area contributed by atoms with Crippen LogP contribution in [0.5, 0.6) is 0 Å². The minimum Gasteiger partial charge on any atom is -0.278 e. The van der Waals surface area contributed by atoms with E-state index in [1.165, 1.54) is 23.0 Å². The Hall–Kier alpha value is -1.96. The number of thioether (sulfide) groups is 1. The number of benzene rings is 1. The summed E-state index contributed by atoms with van der Waals surface area (Å²) < 4.78 is 0. The molecule has 2 amide bonds. The lowest BCUT2D eigenvalue weighted by molar-refractivity contribution is -0.127. The summed E-state index contributed by atoms with van der Waals surface area (Å²) in [7, 11) is 0. The number of hydrogen-bond donors (Lipinski definition) is 0. The third-order valence-corrected chi connectivity index (χ3v) is 6.80. The van der Waals surface area contributed by atoms with Crippen LogP contribution in [0.4, 0.5) is 0 Å². The van der Waals surface area contributed by atoms with E-state index in [-0.39, 0.29) is 17.1 Å². The highest BCUT2D eigenvalue weighted by molar-refractivity contribution is 8.00. The Morgan fingerprint density at radius 1 is 1.19 bits per heavy atom. The topological polar surface area (TPSA) is 63.2 Å². The van der Waals surface area contributed by atoms with Crippen LogP contribution in [0.25, 0.3) is 10.2 Å². The van der Waals surface area contributed by atoms with Gasteiger partial charge in [-0.1, -0.05) is 29.8 Å². The molecule has 4 rings (SSSR count). The summed E-state index contributed by atoms with van der Waals surface area (Å²) in [5.74, 6) is -0.424. The largest absolute Gasteiger partial charge is 0.278 e. The smallest absolute Gasteiger partial charge is 0.260 e. The number of carbonyl (C=O) groups is 2. The van der Waals surface area contributed by atoms with Crippen LogP contribution in [0, 0.1) is 0 Å². The lowest BCUT2D eigenvalue weighted by Crippen LogP contribution is -2.41. The van der Waals surface area contributed by atoms with Gasteiger partial charge in [0.2, 0.25) is 5.91 Å². The fraction of sp³-hybridized carbons (Fsp3) is 0.263. The molecule has 1 atom stereocenters. The molecule has 0 aliphatic carbocycles. The van der Waals surface area contributed by atoms with Crippen LogP contribution in [0.15, 0.2) is 47.1 Å².